The van der Waals surface area contributed by atoms with Gasteiger partial charge in [-0.3, -0.25) is 4.79 Å². The molecule has 0 atom stereocenters. The molecule has 1 saturated heterocycles. The standard InChI is InChI=1S/C23H20N4OS2/c28-22(19-14-16-8-7-15-4-1-2-5-17(15)20(16)29-19)26-10-12-27(13-11-26)23-25-18-6-3-9-24-21(18)30-23/h1-6,9,14H,7-8,10-13H2. The molecule has 0 spiro atoms. The molecule has 0 bridgehead atoms. The van der Waals surface area contributed by atoms with Crippen LogP contribution < -0.4 is 4.90 Å². The van der Waals surface area contributed by atoms with Gasteiger partial charge in [-0.05, 0) is 47.7 Å². The first-order chi connectivity index (χ1) is 14.8. The largest absolute Gasteiger partial charge is 0.344 e. The third kappa shape index (κ3) is 3.00. The van der Waals surface area contributed by atoms with Crippen LogP contribution in [0.5, 0.6) is 0 Å². The number of pyridine rings is 1. The molecule has 0 N–H and O–H groups in total. The maximum Gasteiger partial charge on any atom is 0.264 e. The quantitative estimate of drug-likeness (QED) is 0.469. The number of thiophene rings is 1. The third-order valence-corrected chi connectivity index (χ3v) is 8.18. The van der Waals surface area contributed by atoms with Gasteiger partial charge in [-0.2, -0.15) is 0 Å². The Morgan fingerprint density at radius 1 is 0.933 bits per heavy atom. The van der Waals surface area contributed by atoms with E-state index in [2.05, 4.69) is 40.2 Å². The molecule has 6 rings (SSSR count). The van der Waals surface area contributed by atoms with Crippen LogP contribution in [-0.4, -0.2) is 47.0 Å². The van der Waals surface area contributed by atoms with Gasteiger partial charge in [0.2, 0.25) is 0 Å². The molecule has 0 saturated carbocycles. The Hall–Kier alpha value is -2.77. The molecule has 2 aliphatic rings. The first kappa shape index (κ1) is 18.0. The van der Waals surface area contributed by atoms with Crippen molar-refractivity contribution < 1.29 is 4.79 Å². The number of carbonyl (C=O) groups excluding carboxylic acids is 1. The molecular weight excluding hydrogens is 412 g/mol. The number of anilines is 1. The number of hydrogen-bond acceptors (Lipinski definition) is 6. The monoisotopic (exact) mass is 432 g/mol. The van der Waals surface area contributed by atoms with E-state index < -0.39 is 0 Å². The molecule has 1 fully saturated rings. The van der Waals surface area contributed by atoms with Crippen molar-refractivity contribution >= 4 is 44.1 Å². The number of thiazole rings is 1. The van der Waals surface area contributed by atoms with E-state index in [1.54, 1.807) is 28.9 Å². The highest BCUT2D eigenvalue weighted by molar-refractivity contribution is 7.21. The summed E-state index contributed by atoms with van der Waals surface area (Å²) in [6.45, 7) is 3.06. The van der Waals surface area contributed by atoms with E-state index in [0.717, 1.165) is 59.4 Å². The van der Waals surface area contributed by atoms with Crippen LogP contribution in [-0.2, 0) is 12.8 Å². The van der Waals surface area contributed by atoms with Crippen molar-refractivity contribution in [2.24, 2.45) is 0 Å². The lowest BCUT2D eigenvalue weighted by Crippen LogP contribution is -2.48. The summed E-state index contributed by atoms with van der Waals surface area (Å²) in [5.74, 6) is 0.164. The molecule has 5 nitrogen and oxygen atoms in total. The maximum absolute atomic E-state index is 13.2. The average molecular weight is 433 g/mol. The second-order valence-electron chi connectivity index (χ2n) is 7.73. The maximum atomic E-state index is 13.2. The molecule has 150 valence electrons. The van der Waals surface area contributed by atoms with Gasteiger partial charge in [-0.15, -0.1) is 11.3 Å². The predicted octanol–water partition coefficient (Wildman–Crippen LogP) is 4.48. The summed E-state index contributed by atoms with van der Waals surface area (Å²) in [4.78, 5) is 29.7. The summed E-state index contributed by atoms with van der Waals surface area (Å²) < 4.78 is 0. The fourth-order valence-electron chi connectivity index (χ4n) is 4.33. The van der Waals surface area contributed by atoms with Gasteiger partial charge in [0, 0.05) is 37.3 Å². The van der Waals surface area contributed by atoms with Crippen LogP contribution in [0.4, 0.5) is 5.13 Å². The second kappa shape index (κ2) is 7.18. The zero-order valence-corrected chi connectivity index (χ0v) is 18.0. The molecule has 4 heterocycles. The highest BCUT2D eigenvalue weighted by Crippen LogP contribution is 2.40. The van der Waals surface area contributed by atoms with Crippen LogP contribution in [0.3, 0.4) is 0 Å². The Bertz CT molecular complexity index is 1220. The molecule has 4 aromatic rings. The fraction of sp³-hybridized carbons (Fsp3) is 0.261. The Morgan fingerprint density at radius 3 is 2.63 bits per heavy atom. The second-order valence-corrected chi connectivity index (χ2v) is 9.73. The minimum absolute atomic E-state index is 0.164. The third-order valence-electron chi connectivity index (χ3n) is 5.94. The van der Waals surface area contributed by atoms with E-state index in [1.165, 1.54) is 21.6 Å². The first-order valence-corrected chi connectivity index (χ1v) is 11.9. The van der Waals surface area contributed by atoms with E-state index in [1.807, 2.05) is 17.0 Å². The number of carbonyl (C=O) groups is 1. The summed E-state index contributed by atoms with van der Waals surface area (Å²) in [7, 11) is 0. The highest BCUT2D eigenvalue weighted by atomic mass is 32.1. The number of amides is 1. The van der Waals surface area contributed by atoms with Crippen LogP contribution in [0, 0.1) is 0 Å². The van der Waals surface area contributed by atoms with Crippen LogP contribution in [0.1, 0.15) is 20.8 Å². The number of rotatable bonds is 2. The number of aromatic nitrogens is 2. The molecule has 1 aliphatic carbocycles. The SMILES string of the molecule is O=C(c1cc2c(s1)-c1ccccc1CC2)N1CCN(c2nc3cccnc3s2)CC1. The fourth-order valence-corrected chi connectivity index (χ4v) is 6.53. The van der Waals surface area contributed by atoms with E-state index >= 15 is 0 Å². The van der Waals surface area contributed by atoms with Gasteiger partial charge in [-0.25, -0.2) is 9.97 Å². The Balaban J connectivity index is 1.19. The number of nitrogens with zero attached hydrogens (tertiary/aromatic N) is 4. The lowest BCUT2D eigenvalue weighted by molar-refractivity contribution is 0.0751. The first-order valence-electron chi connectivity index (χ1n) is 10.2. The zero-order valence-electron chi connectivity index (χ0n) is 16.4. The zero-order chi connectivity index (χ0) is 20.1. The van der Waals surface area contributed by atoms with Gasteiger partial charge >= 0.3 is 0 Å². The van der Waals surface area contributed by atoms with Gasteiger partial charge in [-0.1, -0.05) is 35.6 Å². The number of benzene rings is 1. The lowest BCUT2D eigenvalue weighted by atomic mass is 9.91. The molecule has 30 heavy (non-hydrogen) atoms. The van der Waals surface area contributed by atoms with Crippen molar-refractivity contribution in [3.05, 3.63) is 64.7 Å². The van der Waals surface area contributed by atoms with Crippen molar-refractivity contribution in [2.45, 2.75) is 12.8 Å². The highest BCUT2D eigenvalue weighted by Gasteiger charge is 2.27. The lowest BCUT2D eigenvalue weighted by Gasteiger charge is -2.34. The molecule has 1 aromatic carbocycles. The molecule has 0 radical (unpaired) electrons. The van der Waals surface area contributed by atoms with Crippen LogP contribution in [0.15, 0.2) is 48.7 Å². The van der Waals surface area contributed by atoms with E-state index in [-0.39, 0.29) is 5.91 Å². The van der Waals surface area contributed by atoms with Gasteiger partial charge in [0.1, 0.15) is 10.3 Å². The molecule has 1 amide bonds. The van der Waals surface area contributed by atoms with Gasteiger partial charge < -0.3 is 9.80 Å². The number of hydrogen-bond donors (Lipinski definition) is 0. The average Bonchev–Trinajstić information content (AvgIpc) is 3.43. The molecular formula is C23H20N4OS2. The Morgan fingerprint density at radius 2 is 1.77 bits per heavy atom. The Labute approximate surface area is 182 Å². The summed E-state index contributed by atoms with van der Waals surface area (Å²) >= 11 is 3.28. The summed E-state index contributed by atoms with van der Waals surface area (Å²) in [6, 6.07) is 14.6. The Kier molecular flexibility index (Phi) is 4.32. The topological polar surface area (TPSA) is 49.3 Å². The smallest absolute Gasteiger partial charge is 0.264 e. The van der Waals surface area contributed by atoms with Gasteiger partial charge in [0.25, 0.3) is 5.91 Å². The van der Waals surface area contributed by atoms with Crippen molar-refractivity contribution in [1.29, 1.82) is 0 Å². The van der Waals surface area contributed by atoms with Gasteiger partial charge in [0.15, 0.2) is 5.13 Å². The summed E-state index contributed by atoms with van der Waals surface area (Å²) in [5, 5.41) is 0.999. The minimum atomic E-state index is 0.164. The van der Waals surface area contributed by atoms with E-state index in [0.29, 0.717) is 0 Å². The summed E-state index contributed by atoms with van der Waals surface area (Å²) in [6.07, 6.45) is 3.89. The molecule has 3 aromatic heterocycles. The van der Waals surface area contributed by atoms with Crippen LogP contribution in [0.2, 0.25) is 0 Å². The minimum Gasteiger partial charge on any atom is -0.344 e. The van der Waals surface area contributed by atoms with Gasteiger partial charge in [0.05, 0.1) is 4.88 Å². The molecule has 0 unspecified atom stereocenters. The number of fused-ring (bicyclic) bond motifs is 4. The van der Waals surface area contributed by atoms with Crippen molar-refractivity contribution in [2.75, 3.05) is 31.1 Å². The van der Waals surface area contributed by atoms with Crippen molar-refractivity contribution in [1.82, 2.24) is 14.9 Å². The van der Waals surface area contributed by atoms with Crippen molar-refractivity contribution in [3.8, 4) is 10.4 Å². The summed E-state index contributed by atoms with van der Waals surface area (Å²) in [5.41, 5.74) is 4.96. The van der Waals surface area contributed by atoms with Crippen molar-refractivity contribution in [3.63, 3.8) is 0 Å². The molecule has 7 heteroatoms. The number of piperazine rings is 1. The van der Waals surface area contributed by atoms with E-state index in [4.69, 9.17) is 4.98 Å². The van der Waals surface area contributed by atoms with Crippen LogP contribution >= 0.6 is 22.7 Å². The number of aryl methyl sites for hydroxylation is 2. The van der Waals surface area contributed by atoms with Crippen LogP contribution in [0.25, 0.3) is 20.8 Å². The predicted molar refractivity (Wildman–Crippen MR) is 123 cm³/mol. The van der Waals surface area contributed by atoms with E-state index in [9.17, 15) is 4.79 Å². The normalized spacial score (nSPS) is 15.9. The molecule has 1 aliphatic heterocycles.